The first-order chi connectivity index (χ1) is 9.00. The molecule has 0 heterocycles. The number of alkyl halides is 4. The minimum atomic E-state index is -4.41. The topological polar surface area (TPSA) is 23.8 Å². The summed E-state index contributed by atoms with van der Waals surface area (Å²) in [6.07, 6.45) is -1.63. The molecular formula is C14H15ClF3N. The van der Waals surface area contributed by atoms with Crippen molar-refractivity contribution in [2.75, 3.05) is 5.88 Å². The zero-order valence-corrected chi connectivity index (χ0v) is 11.1. The largest absolute Gasteiger partial charge is 0.416 e. The molecule has 0 saturated heterocycles. The van der Waals surface area contributed by atoms with Gasteiger partial charge < -0.3 is 0 Å². The van der Waals surface area contributed by atoms with Crippen molar-refractivity contribution >= 4 is 11.6 Å². The van der Waals surface area contributed by atoms with Gasteiger partial charge in [-0.05, 0) is 24.5 Å². The van der Waals surface area contributed by atoms with E-state index in [9.17, 15) is 13.2 Å². The highest BCUT2D eigenvalue weighted by molar-refractivity contribution is 6.17. The second-order valence-corrected chi connectivity index (χ2v) is 4.68. The average Bonchev–Trinajstić information content (AvgIpc) is 2.38. The van der Waals surface area contributed by atoms with Gasteiger partial charge in [0.2, 0.25) is 0 Å². The molecule has 1 nitrogen and oxygen atoms in total. The van der Waals surface area contributed by atoms with Crippen LogP contribution in [0.4, 0.5) is 13.2 Å². The molecule has 1 rings (SSSR count). The highest BCUT2D eigenvalue weighted by atomic mass is 35.5. The van der Waals surface area contributed by atoms with Gasteiger partial charge in [-0.3, -0.25) is 0 Å². The smallest absolute Gasteiger partial charge is 0.198 e. The van der Waals surface area contributed by atoms with Crippen LogP contribution in [0.3, 0.4) is 0 Å². The van der Waals surface area contributed by atoms with Crippen molar-refractivity contribution in [2.24, 2.45) is 0 Å². The SMILES string of the molecule is N#CC(CCCCCCl)c1ccccc1C(F)(F)F. The van der Waals surface area contributed by atoms with E-state index in [0.717, 1.165) is 18.9 Å². The minimum Gasteiger partial charge on any atom is -0.198 e. The lowest BCUT2D eigenvalue weighted by atomic mass is 9.90. The predicted molar refractivity (Wildman–Crippen MR) is 69.0 cm³/mol. The van der Waals surface area contributed by atoms with Gasteiger partial charge in [0.1, 0.15) is 0 Å². The Morgan fingerprint density at radius 2 is 1.84 bits per heavy atom. The summed E-state index contributed by atoms with van der Waals surface area (Å²) >= 11 is 5.54. The number of hydrogen-bond donors (Lipinski definition) is 0. The summed E-state index contributed by atoms with van der Waals surface area (Å²) in [6.45, 7) is 0. The lowest BCUT2D eigenvalue weighted by Crippen LogP contribution is -2.11. The first-order valence-electron chi connectivity index (χ1n) is 6.12. The Bertz CT molecular complexity index is 437. The lowest BCUT2D eigenvalue weighted by molar-refractivity contribution is -0.138. The summed E-state index contributed by atoms with van der Waals surface area (Å²) in [4.78, 5) is 0. The second-order valence-electron chi connectivity index (χ2n) is 4.31. The Kier molecular flexibility index (Phi) is 6.17. The van der Waals surface area contributed by atoms with E-state index >= 15 is 0 Å². The molecule has 1 unspecified atom stereocenters. The van der Waals surface area contributed by atoms with Crippen LogP contribution in [0.1, 0.15) is 42.7 Å². The molecule has 0 aliphatic rings. The van der Waals surface area contributed by atoms with Gasteiger partial charge >= 0.3 is 6.18 Å². The van der Waals surface area contributed by atoms with Crippen LogP contribution in [0.2, 0.25) is 0 Å². The van der Waals surface area contributed by atoms with Gasteiger partial charge in [0, 0.05) is 5.88 Å². The van der Waals surface area contributed by atoms with Crippen LogP contribution >= 0.6 is 11.6 Å². The number of nitriles is 1. The summed E-state index contributed by atoms with van der Waals surface area (Å²) in [6, 6.07) is 7.27. The average molecular weight is 290 g/mol. The normalized spacial score (nSPS) is 13.0. The Labute approximate surface area is 116 Å². The lowest BCUT2D eigenvalue weighted by Gasteiger charge is -2.16. The van der Waals surface area contributed by atoms with Crippen LogP contribution in [-0.4, -0.2) is 5.88 Å². The van der Waals surface area contributed by atoms with E-state index in [2.05, 4.69) is 0 Å². The molecule has 1 aromatic carbocycles. The highest BCUT2D eigenvalue weighted by Gasteiger charge is 2.34. The number of halogens is 4. The standard InChI is InChI=1S/C14H15ClF3N/c15-9-5-1-2-6-11(10-19)12-7-3-4-8-13(12)14(16,17)18/h3-4,7-8,11H,1-2,5-6,9H2. The monoisotopic (exact) mass is 289 g/mol. The molecule has 19 heavy (non-hydrogen) atoms. The van der Waals surface area contributed by atoms with E-state index in [0.29, 0.717) is 18.7 Å². The molecule has 0 bridgehead atoms. The fraction of sp³-hybridized carbons (Fsp3) is 0.500. The van der Waals surface area contributed by atoms with E-state index in [-0.39, 0.29) is 5.56 Å². The van der Waals surface area contributed by atoms with Gasteiger partial charge in [0.15, 0.2) is 0 Å². The van der Waals surface area contributed by atoms with E-state index in [4.69, 9.17) is 16.9 Å². The first kappa shape index (κ1) is 15.8. The molecule has 0 saturated carbocycles. The van der Waals surface area contributed by atoms with Crippen molar-refractivity contribution in [1.82, 2.24) is 0 Å². The molecule has 1 atom stereocenters. The van der Waals surface area contributed by atoms with E-state index in [1.807, 2.05) is 6.07 Å². The maximum atomic E-state index is 12.9. The fourth-order valence-corrected chi connectivity index (χ4v) is 2.16. The molecule has 0 radical (unpaired) electrons. The summed E-state index contributed by atoms with van der Waals surface area (Å²) in [5.41, 5.74) is -0.637. The van der Waals surface area contributed by atoms with Crippen LogP contribution in [0.5, 0.6) is 0 Å². The van der Waals surface area contributed by atoms with Crippen molar-refractivity contribution in [2.45, 2.75) is 37.8 Å². The Morgan fingerprint density at radius 3 is 2.42 bits per heavy atom. The molecular weight excluding hydrogens is 275 g/mol. The van der Waals surface area contributed by atoms with Gasteiger partial charge in [-0.2, -0.15) is 18.4 Å². The van der Waals surface area contributed by atoms with Crippen molar-refractivity contribution in [1.29, 1.82) is 5.26 Å². The van der Waals surface area contributed by atoms with E-state index < -0.39 is 17.7 Å². The number of unbranched alkanes of at least 4 members (excludes halogenated alkanes) is 2. The number of hydrogen-bond acceptors (Lipinski definition) is 1. The van der Waals surface area contributed by atoms with E-state index in [1.54, 1.807) is 0 Å². The van der Waals surface area contributed by atoms with Crippen molar-refractivity contribution in [3.8, 4) is 6.07 Å². The van der Waals surface area contributed by atoms with Gasteiger partial charge in [-0.25, -0.2) is 0 Å². The van der Waals surface area contributed by atoms with E-state index in [1.165, 1.54) is 18.2 Å². The predicted octanol–water partition coefficient (Wildman–Crippen LogP) is 5.11. The van der Waals surface area contributed by atoms with Gasteiger partial charge in [0.25, 0.3) is 0 Å². The van der Waals surface area contributed by atoms with Gasteiger partial charge in [0.05, 0.1) is 17.6 Å². The van der Waals surface area contributed by atoms with Crippen LogP contribution in [0.15, 0.2) is 24.3 Å². The molecule has 0 fully saturated rings. The zero-order chi connectivity index (χ0) is 14.3. The summed E-state index contributed by atoms with van der Waals surface area (Å²) in [7, 11) is 0. The number of rotatable bonds is 6. The third-order valence-electron chi connectivity index (χ3n) is 2.92. The maximum absolute atomic E-state index is 12.9. The van der Waals surface area contributed by atoms with Crippen LogP contribution < -0.4 is 0 Å². The highest BCUT2D eigenvalue weighted by Crippen LogP contribution is 2.36. The summed E-state index contributed by atoms with van der Waals surface area (Å²) < 4.78 is 38.6. The first-order valence-corrected chi connectivity index (χ1v) is 6.66. The molecule has 5 heteroatoms. The number of nitrogens with zero attached hydrogens (tertiary/aromatic N) is 1. The Hall–Kier alpha value is -1.21. The zero-order valence-electron chi connectivity index (χ0n) is 10.4. The van der Waals surface area contributed by atoms with Gasteiger partial charge in [-0.15, -0.1) is 11.6 Å². The fourth-order valence-electron chi connectivity index (χ4n) is 1.97. The maximum Gasteiger partial charge on any atom is 0.416 e. The molecule has 0 aliphatic heterocycles. The third kappa shape index (κ3) is 4.76. The van der Waals surface area contributed by atoms with Crippen LogP contribution in [-0.2, 0) is 6.18 Å². The molecule has 1 aromatic rings. The van der Waals surface area contributed by atoms with Crippen molar-refractivity contribution in [3.05, 3.63) is 35.4 Å². The summed E-state index contributed by atoms with van der Waals surface area (Å²) in [5, 5.41) is 9.08. The van der Waals surface area contributed by atoms with Gasteiger partial charge in [-0.1, -0.05) is 31.0 Å². The van der Waals surface area contributed by atoms with Crippen molar-refractivity contribution in [3.63, 3.8) is 0 Å². The van der Waals surface area contributed by atoms with Crippen LogP contribution in [0.25, 0.3) is 0 Å². The Balaban J connectivity index is 2.84. The number of benzene rings is 1. The second kappa shape index (κ2) is 7.40. The molecule has 0 spiro atoms. The Morgan fingerprint density at radius 1 is 1.16 bits per heavy atom. The van der Waals surface area contributed by atoms with Crippen LogP contribution in [0, 0.1) is 11.3 Å². The molecule has 0 amide bonds. The minimum absolute atomic E-state index is 0.0726. The molecule has 104 valence electrons. The molecule has 0 aliphatic carbocycles. The quantitative estimate of drug-likeness (QED) is 0.527. The molecule has 0 aromatic heterocycles. The third-order valence-corrected chi connectivity index (χ3v) is 3.19. The van der Waals surface area contributed by atoms with Crippen molar-refractivity contribution < 1.29 is 13.2 Å². The summed E-state index contributed by atoms with van der Waals surface area (Å²) in [5.74, 6) is -0.177. The molecule has 0 N–H and O–H groups in total.